The van der Waals surface area contributed by atoms with Gasteiger partial charge in [-0.2, -0.15) is 4.98 Å². The Balaban J connectivity index is 2.35. The molecule has 0 unspecified atom stereocenters. The number of nitrogens with zero attached hydrogens (tertiary/aromatic N) is 2. The molecule has 1 aliphatic heterocycles. The van der Waals surface area contributed by atoms with Gasteiger partial charge in [-0.3, -0.25) is 4.57 Å². The lowest BCUT2D eigenvalue weighted by Gasteiger charge is -2.19. The van der Waals surface area contributed by atoms with E-state index in [0.29, 0.717) is 0 Å². The molecule has 0 aromatic carbocycles. The summed E-state index contributed by atoms with van der Waals surface area (Å²) in [4.78, 5) is 15.2. The van der Waals surface area contributed by atoms with E-state index in [1.165, 1.54) is 12.3 Å². The summed E-state index contributed by atoms with van der Waals surface area (Å²) in [7, 11) is 0. The van der Waals surface area contributed by atoms with Gasteiger partial charge in [-0.15, -0.1) is 0 Å². The molecule has 1 saturated heterocycles. The SMILES string of the molecule is Nc1ccn([C@@H]2O[C@H](CO)[C@@H](O)[C@H]2CO)c(=O)n1. The summed E-state index contributed by atoms with van der Waals surface area (Å²) in [5.41, 5.74) is 4.74. The van der Waals surface area contributed by atoms with E-state index >= 15 is 0 Å². The zero-order valence-electron chi connectivity index (χ0n) is 9.51. The fraction of sp³-hybridized carbons (Fsp3) is 0.600. The third-order valence-electron chi connectivity index (χ3n) is 3.02. The lowest BCUT2D eigenvalue weighted by Crippen LogP contribution is -2.34. The first-order valence-corrected chi connectivity index (χ1v) is 5.48. The van der Waals surface area contributed by atoms with Gasteiger partial charge in [-0.25, -0.2) is 4.79 Å². The van der Waals surface area contributed by atoms with Crippen LogP contribution in [0.3, 0.4) is 0 Å². The smallest absolute Gasteiger partial charge is 0.351 e. The van der Waals surface area contributed by atoms with Gasteiger partial charge in [0.2, 0.25) is 0 Å². The molecule has 0 radical (unpaired) electrons. The fourth-order valence-corrected chi connectivity index (χ4v) is 2.05. The van der Waals surface area contributed by atoms with E-state index in [2.05, 4.69) is 4.98 Å². The highest BCUT2D eigenvalue weighted by Crippen LogP contribution is 2.33. The van der Waals surface area contributed by atoms with Crippen molar-refractivity contribution in [2.24, 2.45) is 5.92 Å². The van der Waals surface area contributed by atoms with Crippen molar-refractivity contribution in [2.75, 3.05) is 18.9 Å². The molecule has 1 aliphatic rings. The number of anilines is 1. The van der Waals surface area contributed by atoms with Crippen LogP contribution in [0.4, 0.5) is 5.82 Å². The molecule has 100 valence electrons. The molecule has 8 heteroatoms. The van der Waals surface area contributed by atoms with Crippen LogP contribution in [-0.4, -0.2) is 50.3 Å². The number of nitrogens with two attached hydrogens (primary N) is 1. The normalized spacial score (nSPS) is 31.7. The topological polar surface area (TPSA) is 131 Å². The second kappa shape index (κ2) is 5.02. The first-order valence-electron chi connectivity index (χ1n) is 5.48. The lowest BCUT2D eigenvalue weighted by molar-refractivity contribution is -0.0495. The molecule has 0 saturated carbocycles. The Morgan fingerprint density at radius 2 is 2.17 bits per heavy atom. The van der Waals surface area contributed by atoms with Crippen molar-refractivity contribution in [3.8, 4) is 0 Å². The largest absolute Gasteiger partial charge is 0.396 e. The van der Waals surface area contributed by atoms with Crippen LogP contribution in [0, 0.1) is 5.92 Å². The van der Waals surface area contributed by atoms with Crippen LogP contribution in [0.15, 0.2) is 17.1 Å². The quantitative estimate of drug-likeness (QED) is 0.478. The monoisotopic (exact) mass is 257 g/mol. The number of ether oxygens (including phenoxy) is 1. The molecule has 5 N–H and O–H groups in total. The van der Waals surface area contributed by atoms with Gasteiger partial charge >= 0.3 is 5.69 Å². The standard InChI is InChI=1S/C10H15N3O5/c11-7-1-2-13(10(17)12-7)9-5(3-14)8(16)6(4-15)18-9/h1-2,5-6,8-9,14-16H,3-4H2,(H2,11,12,17)/t5-,6-,8+,9-/m1/s1. The van der Waals surface area contributed by atoms with Crippen molar-refractivity contribution in [3.63, 3.8) is 0 Å². The number of aliphatic hydroxyl groups excluding tert-OH is 3. The Kier molecular flexibility index (Phi) is 3.62. The number of hydrogen-bond donors (Lipinski definition) is 4. The molecule has 2 heterocycles. The number of aliphatic hydroxyl groups is 3. The number of nitrogen functional groups attached to an aromatic ring is 1. The maximum absolute atomic E-state index is 11.7. The molecule has 2 rings (SSSR count). The van der Waals surface area contributed by atoms with Gasteiger partial charge in [-0.1, -0.05) is 0 Å². The number of hydrogen-bond acceptors (Lipinski definition) is 7. The van der Waals surface area contributed by atoms with Gasteiger partial charge in [0.1, 0.15) is 18.1 Å². The molecule has 18 heavy (non-hydrogen) atoms. The number of rotatable bonds is 3. The van der Waals surface area contributed by atoms with Crippen molar-refractivity contribution >= 4 is 5.82 Å². The molecule has 1 aromatic heterocycles. The van der Waals surface area contributed by atoms with Gasteiger partial charge in [0, 0.05) is 6.20 Å². The highest BCUT2D eigenvalue weighted by molar-refractivity contribution is 5.23. The average Bonchev–Trinajstić information content (AvgIpc) is 2.65. The summed E-state index contributed by atoms with van der Waals surface area (Å²) in [6, 6.07) is 1.41. The Hall–Kier alpha value is -1.48. The molecule has 1 fully saturated rings. The summed E-state index contributed by atoms with van der Waals surface area (Å²) < 4.78 is 6.49. The van der Waals surface area contributed by atoms with Crippen LogP contribution in [0.2, 0.25) is 0 Å². The zero-order chi connectivity index (χ0) is 13.3. The van der Waals surface area contributed by atoms with Gasteiger partial charge in [0.05, 0.1) is 25.2 Å². The predicted molar refractivity (Wildman–Crippen MR) is 60.5 cm³/mol. The second-order valence-corrected chi connectivity index (χ2v) is 4.13. The van der Waals surface area contributed by atoms with Crippen molar-refractivity contribution in [2.45, 2.75) is 18.4 Å². The average molecular weight is 257 g/mol. The first-order chi connectivity index (χ1) is 8.58. The van der Waals surface area contributed by atoms with Gasteiger partial charge < -0.3 is 25.8 Å². The minimum Gasteiger partial charge on any atom is -0.396 e. The van der Waals surface area contributed by atoms with E-state index in [1.54, 1.807) is 0 Å². The molecule has 4 atom stereocenters. The van der Waals surface area contributed by atoms with Gasteiger partial charge in [0.15, 0.2) is 0 Å². The molecule has 0 aliphatic carbocycles. The molecule has 1 aromatic rings. The molecule has 0 amide bonds. The summed E-state index contributed by atoms with van der Waals surface area (Å²) in [5.74, 6) is -0.626. The Bertz CT molecular complexity index is 477. The van der Waals surface area contributed by atoms with Gasteiger partial charge in [-0.05, 0) is 6.07 Å². The molecular weight excluding hydrogens is 242 g/mol. The Morgan fingerprint density at radius 1 is 1.44 bits per heavy atom. The van der Waals surface area contributed by atoms with E-state index in [4.69, 9.17) is 15.6 Å². The fourth-order valence-electron chi connectivity index (χ4n) is 2.05. The van der Waals surface area contributed by atoms with Crippen molar-refractivity contribution < 1.29 is 20.1 Å². The first kappa shape index (κ1) is 13.0. The van der Waals surface area contributed by atoms with Crippen LogP contribution in [0.25, 0.3) is 0 Å². The van der Waals surface area contributed by atoms with Crippen molar-refractivity contribution in [1.29, 1.82) is 0 Å². The predicted octanol–water partition coefficient (Wildman–Crippen LogP) is -2.32. The molecule has 0 spiro atoms. The number of aromatic nitrogens is 2. The maximum Gasteiger partial charge on any atom is 0.351 e. The van der Waals surface area contributed by atoms with E-state index < -0.39 is 36.7 Å². The third-order valence-corrected chi connectivity index (χ3v) is 3.02. The maximum atomic E-state index is 11.7. The van der Waals surface area contributed by atoms with Crippen LogP contribution in [0.1, 0.15) is 6.23 Å². The van der Waals surface area contributed by atoms with Crippen LogP contribution in [-0.2, 0) is 4.74 Å². The Labute approximate surface area is 102 Å². The second-order valence-electron chi connectivity index (χ2n) is 4.13. The highest BCUT2D eigenvalue weighted by atomic mass is 16.5. The summed E-state index contributed by atoms with van der Waals surface area (Å²) >= 11 is 0. The van der Waals surface area contributed by atoms with Crippen molar-refractivity contribution in [1.82, 2.24) is 9.55 Å². The van der Waals surface area contributed by atoms with E-state index in [-0.39, 0.29) is 12.4 Å². The van der Waals surface area contributed by atoms with Gasteiger partial charge in [0.25, 0.3) is 0 Å². The Morgan fingerprint density at radius 3 is 2.72 bits per heavy atom. The van der Waals surface area contributed by atoms with E-state index in [9.17, 15) is 15.0 Å². The molecule has 8 nitrogen and oxygen atoms in total. The van der Waals surface area contributed by atoms with Crippen LogP contribution in [0.5, 0.6) is 0 Å². The zero-order valence-corrected chi connectivity index (χ0v) is 9.51. The van der Waals surface area contributed by atoms with Crippen molar-refractivity contribution in [3.05, 3.63) is 22.7 Å². The summed E-state index contributed by atoms with van der Waals surface area (Å²) in [5, 5.41) is 28.1. The van der Waals surface area contributed by atoms with E-state index in [1.807, 2.05) is 0 Å². The van der Waals surface area contributed by atoms with Crippen LogP contribution >= 0.6 is 0 Å². The molecular formula is C10H15N3O5. The summed E-state index contributed by atoms with van der Waals surface area (Å²) in [6.45, 7) is -0.773. The van der Waals surface area contributed by atoms with Crippen LogP contribution < -0.4 is 11.4 Å². The lowest BCUT2D eigenvalue weighted by atomic mass is 10.0. The highest BCUT2D eigenvalue weighted by Gasteiger charge is 2.44. The minimum atomic E-state index is -1.05. The molecule has 0 bridgehead atoms. The van der Waals surface area contributed by atoms with E-state index in [0.717, 1.165) is 4.57 Å². The summed E-state index contributed by atoms with van der Waals surface area (Å²) in [6.07, 6.45) is -1.38. The third kappa shape index (κ3) is 2.10. The minimum absolute atomic E-state index is 0.0778.